The van der Waals surface area contributed by atoms with Crippen LogP contribution in [0.1, 0.15) is 64.6 Å². The molecule has 0 bridgehead atoms. The van der Waals surface area contributed by atoms with E-state index in [-0.39, 0.29) is 5.78 Å². The number of thiazole rings is 1. The minimum atomic E-state index is -0.505. The molecule has 0 fully saturated rings. The summed E-state index contributed by atoms with van der Waals surface area (Å²) in [5.74, 6) is 6.60. The lowest BCUT2D eigenvalue weighted by atomic mass is 10.0. The quantitative estimate of drug-likeness (QED) is 0.187. The average molecular weight is 546 g/mol. The van der Waals surface area contributed by atoms with Gasteiger partial charge in [0.15, 0.2) is 5.78 Å². The van der Waals surface area contributed by atoms with Crippen LogP contribution in [0.4, 0.5) is 0 Å². The molecule has 196 valence electrons. The van der Waals surface area contributed by atoms with E-state index in [1.807, 2.05) is 48.8 Å². The maximum Gasteiger partial charge on any atom is 0.162 e. The maximum atomic E-state index is 12.7. The van der Waals surface area contributed by atoms with Crippen LogP contribution in [0, 0.1) is 18.8 Å². The van der Waals surface area contributed by atoms with Crippen molar-refractivity contribution in [3.8, 4) is 11.8 Å². The monoisotopic (exact) mass is 545 g/mol. The number of benzene rings is 2. The summed E-state index contributed by atoms with van der Waals surface area (Å²) < 4.78 is 0. The highest BCUT2D eigenvalue weighted by atomic mass is 35.5. The Bertz CT molecular complexity index is 1470. The van der Waals surface area contributed by atoms with E-state index in [1.165, 1.54) is 0 Å². The molecular formula is C31H32ClN3O2S. The Morgan fingerprint density at radius 3 is 2.58 bits per heavy atom. The Hall–Kier alpha value is -3.08. The predicted molar refractivity (Wildman–Crippen MR) is 156 cm³/mol. The van der Waals surface area contributed by atoms with Gasteiger partial charge < -0.3 is 10.0 Å². The van der Waals surface area contributed by atoms with E-state index in [2.05, 4.69) is 35.6 Å². The van der Waals surface area contributed by atoms with Gasteiger partial charge in [0.1, 0.15) is 0 Å². The summed E-state index contributed by atoms with van der Waals surface area (Å²) in [7, 11) is 0. The van der Waals surface area contributed by atoms with Crippen molar-refractivity contribution in [2.45, 2.75) is 46.1 Å². The highest BCUT2D eigenvalue weighted by Gasteiger charge is 2.13. The van der Waals surface area contributed by atoms with E-state index in [4.69, 9.17) is 16.6 Å². The second kappa shape index (κ2) is 13.1. The summed E-state index contributed by atoms with van der Waals surface area (Å²) in [6.45, 7) is 8.49. The number of fused-ring (bicyclic) bond motifs is 1. The maximum absolute atomic E-state index is 12.7. The predicted octanol–water partition coefficient (Wildman–Crippen LogP) is 6.31. The molecule has 4 aromatic rings. The van der Waals surface area contributed by atoms with Crippen LogP contribution in [-0.4, -0.2) is 51.5 Å². The Morgan fingerprint density at radius 1 is 1.13 bits per heavy atom. The van der Waals surface area contributed by atoms with Gasteiger partial charge in [-0.2, -0.15) is 0 Å². The summed E-state index contributed by atoms with van der Waals surface area (Å²) in [5, 5.41) is 15.9. The molecule has 1 unspecified atom stereocenters. The molecule has 2 aromatic carbocycles. The van der Waals surface area contributed by atoms with E-state index in [0.717, 1.165) is 51.4 Å². The van der Waals surface area contributed by atoms with Gasteiger partial charge in [0.25, 0.3) is 0 Å². The van der Waals surface area contributed by atoms with Crippen molar-refractivity contribution in [1.82, 2.24) is 14.9 Å². The first-order valence-corrected chi connectivity index (χ1v) is 14.2. The van der Waals surface area contributed by atoms with Gasteiger partial charge >= 0.3 is 0 Å². The van der Waals surface area contributed by atoms with E-state index >= 15 is 0 Å². The Labute approximate surface area is 233 Å². The van der Waals surface area contributed by atoms with Crippen molar-refractivity contribution in [1.29, 1.82) is 0 Å². The Morgan fingerprint density at radius 2 is 1.89 bits per heavy atom. The molecule has 38 heavy (non-hydrogen) atoms. The fraction of sp³-hybridized carbons (Fsp3) is 0.323. The van der Waals surface area contributed by atoms with Crippen molar-refractivity contribution in [3.05, 3.63) is 92.1 Å². The van der Waals surface area contributed by atoms with E-state index in [9.17, 15) is 9.90 Å². The largest absolute Gasteiger partial charge is 0.392 e. The number of aliphatic hydroxyl groups excluding tert-OH is 1. The second-order valence-electron chi connectivity index (χ2n) is 9.30. The molecule has 0 saturated heterocycles. The van der Waals surface area contributed by atoms with E-state index < -0.39 is 6.10 Å². The molecule has 0 saturated carbocycles. The van der Waals surface area contributed by atoms with Crippen molar-refractivity contribution < 1.29 is 9.90 Å². The molecule has 5 nitrogen and oxygen atoms in total. The first-order chi connectivity index (χ1) is 18.4. The van der Waals surface area contributed by atoms with Crippen LogP contribution in [0.5, 0.6) is 0 Å². The lowest BCUT2D eigenvalue weighted by molar-refractivity contribution is 0.0877. The summed E-state index contributed by atoms with van der Waals surface area (Å²) in [5.41, 5.74) is 4.12. The number of carbonyl (C=O) groups excluding carboxylic acids is 1. The van der Waals surface area contributed by atoms with Gasteiger partial charge in [0, 0.05) is 63.6 Å². The molecule has 4 rings (SSSR count). The summed E-state index contributed by atoms with van der Waals surface area (Å²) in [6, 6.07) is 13.1. The van der Waals surface area contributed by atoms with E-state index in [1.54, 1.807) is 23.5 Å². The average Bonchev–Trinajstić information content (AvgIpc) is 3.34. The molecule has 0 aliphatic rings. The van der Waals surface area contributed by atoms with Crippen LogP contribution in [0.2, 0.25) is 5.02 Å². The number of carbonyl (C=O) groups is 1. The molecule has 0 radical (unpaired) electrons. The number of rotatable bonds is 10. The highest BCUT2D eigenvalue weighted by molar-refractivity contribution is 7.09. The number of nitrogens with zero attached hydrogens (tertiary/aromatic N) is 3. The number of halogens is 1. The lowest BCUT2D eigenvalue weighted by Gasteiger charge is -2.21. The standard InChI is InChI=1S/C31H32ClN3O2S/c1-4-35(5-2)19-26(36)13-15-30(37)23-9-6-22(7-10-23)8-14-27-28-16-25(32)12-11-24(28)18-33-29(27)17-31-34-21(3)20-38-31/h6-7,9-12,16,18,20,26,36H,4-5,13,15,17,19H2,1-3H3. The second-order valence-corrected chi connectivity index (χ2v) is 10.7. The molecule has 1 N–H and O–H groups in total. The van der Waals surface area contributed by atoms with Crippen LogP contribution in [0.3, 0.4) is 0 Å². The van der Waals surface area contributed by atoms with Gasteiger partial charge in [-0.1, -0.05) is 55.5 Å². The van der Waals surface area contributed by atoms with Crippen molar-refractivity contribution in [2.75, 3.05) is 19.6 Å². The summed E-state index contributed by atoms with van der Waals surface area (Å²) >= 11 is 7.94. The van der Waals surface area contributed by atoms with Crippen LogP contribution in [-0.2, 0) is 6.42 Å². The molecule has 7 heteroatoms. The van der Waals surface area contributed by atoms with Gasteiger partial charge in [-0.05, 0) is 50.7 Å². The highest BCUT2D eigenvalue weighted by Crippen LogP contribution is 2.26. The first-order valence-electron chi connectivity index (χ1n) is 12.9. The molecule has 0 amide bonds. The van der Waals surface area contributed by atoms with Gasteiger partial charge in [-0.25, -0.2) is 4.98 Å². The fourth-order valence-corrected chi connectivity index (χ4v) is 5.26. The number of hydrogen-bond acceptors (Lipinski definition) is 6. The number of hydrogen-bond donors (Lipinski definition) is 1. The zero-order valence-corrected chi connectivity index (χ0v) is 23.6. The van der Waals surface area contributed by atoms with Gasteiger partial charge in [0.2, 0.25) is 0 Å². The molecule has 0 spiro atoms. The van der Waals surface area contributed by atoms with E-state index in [0.29, 0.717) is 36.4 Å². The van der Waals surface area contributed by atoms with Gasteiger partial charge in [-0.15, -0.1) is 11.3 Å². The minimum Gasteiger partial charge on any atom is -0.392 e. The van der Waals surface area contributed by atoms with Crippen LogP contribution in [0.15, 0.2) is 54.0 Å². The first kappa shape index (κ1) is 27.9. The third kappa shape index (κ3) is 7.27. The molecule has 0 aliphatic heterocycles. The third-order valence-corrected chi connectivity index (χ3v) is 7.73. The number of aromatic nitrogens is 2. The Kier molecular flexibility index (Phi) is 9.65. The molecular weight excluding hydrogens is 514 g/mol. The number of pyridine rings is 1. The molecule has 2 aromatic heterocycles. The number of likely N-dealkylation sites (N-methyl/N-ethyl adjacent to an activating group) is 1. The normalized spacial score (nSPS) is 11.9. The molecule has 0 aliphatic carbocycles. The van der Waals surface area contributed by atoms with Gasteiger partial charge in [0.05, 0.1) is 22.4 Å². The zero-order chi connectivity index (χ0) is 27.1. The minimum absolute atomic E-state index is 0.0250. The smallest absolute Gasteiger partial charge is 0.162 e. The SMILES string of the molecule is CCN(CC)CC(O)CCC(=O)c1ccc(C#Cc2c(Cc3nc(C)cs3)ncc3ccc(Cl)cc23)cc1. The Balaban J connectivity index is 1.52. The zero-order valence-electron chi connectivity index (χ0n) is 22.0. The number of ketones is 1. The summed E-state index contributed by atoms with van der Waals surface area (Å²) in [4.78, 5) is 24.1. The van der Waals surface area contributed by atoms with Gasteiger partial charge in [-0.3, -0.25) is 9.78 Å². The number of aliphatic hydroxyl groups is 1. The van der Waals surface area contributed by atoms with Crippen LogP contribution in [0.25, 0.3) is 10.8 Å². The molecule has 2 heterocycles. The lowest BCUT2D eigenvalue weighted by Crippen LogP contribution is -2.32. The van der Waals surface area contributed by atoms with Crippen molar-refractivity contribution >= 4 is 39.5 Å². The fourth-order valence-electron chi connectivity index (χ4n) is 4.31. The molecule has 1 atom stereocenters. The number of Topliss-reactive ketones (excluding diaryl/α,β-unsaturated/α-hetero) is 1. The van der Waals surface area contributed by atoms with Crippen molar-refractivity contribution in [2.24, 2.45) is 0 Å². The summed E-state index contributed by atoms with van der Waals surface area (Å²) in [6.07, 6.45) is 2.71. The van der Waals surface area contributed by atoms with Crippen LogP contribution < -0.4 is 0 Å². The van der Waals surface area contributed by atoms with Crippen molar-refractivity contribution in [3.63, 3.8) is 0 Å². The third-order valence-electron chi connectivity index (χ3n) is 6.52. The number of aryl methyl sites for hydroxylation is 1. The van der Waals surface area contributed by atoms with Crippen LogP contribution >= 0.6 is 22.9 Å². The topological polar surface area (TPSA) is 66.3 Å².